The van der Waals surface area contributed by atoms with Crippen LogP contribution in [0.15, 0.2) is 28.7 Å². The van der Waals surface area contributed by atoms with E-state index < -0.39 is 6.09 Å². The number of aryl methyl sites for hydroxylation is 2. The van der Waals surface area contributed by atoms with Crippen LogP contribution in [0.4, 0.5) is 4.79 Å². The zero-order chi connectivity index (χ0) is 15.7. The third-order valence-electron chi connectivity index (χ3n) is 3.80. The van der Waals surface area contributed by atoms with Crippen molar-refractivity contribution < 1.29 is 19.1 Å². The van der Waals surface area contributed by atoms with Crippen LogP contribution < -0.4 is 0 Å². The minimum absolute atomic E-state index is 0.131. The molecule has 2 aromatic rings. The van der Waals surface area contributed by atoms with E-state index >= 15 is 0 Å². The van der Waals surface area contributed by atoms with E-state index in [9.17, 15) is 9.90 Å². The van der Waals surface area contributed by atoms with Crippen LogP contribution in [0.2, 0.25) is 0 Å². The minimum Gasteiger partial charge on any atom is -0.447 e. The summed E-state index contributed by atoms with van der Waals surface area (Å²) in [4.78, 5) is 17.7. The van der Waals surface area contributed by atoms with Gasteiger partial charge in [0.2, 0.25) is 5.89 Å². The molecule has 2 heterocycles. The fourth-order valence-corrected chi connectivity index (χ4v) is 2.39. The van der Waals surface area contributed by atoms with Crippen molar-refractivity contribution >= 4 is 6.09 Å². The van der Waals surface area contributed by atoms with E-state index in [4.69, 9.17) is 9.15 Å². The molecular formula is C16H18N2O4. The molecule has 1 saturated heterocycles. The first-order chi connectivity index (χ1) is 10.6. The third kappa shape index (κ3) is 2.69. The topological polar surface area (TPSA) is 75.8 Å². The molecule has 0 unspecified atom stereocenters. The number of rotatable bonds is 4. The summed E-state index contributed by atoms with van der Waals surface area (Å²) >= 11 is 0. The molecule has 1 N–H and O–H groups in total. The first-order valence-electron chi connectivity index (χ1n) is 7.16. The van der Waals surface area contributed by atoms with Crippen molar-refractivity contribution in [3.05, 3.63) is 41.3 Å². The highest BCUT2D eigenvalue weighted by Crippen LogP contribution is 2.24. The highest BCUT2D eigenvalue weighted by molar-refractivity contribution is 5.70. The van der Waals surface area contributed by atoms with Crippen LogP contribution in [0.25, 0.3) is 11.5 Å². The van der Waals surface area contributed by atoms with Gasteiger partial charge in [-0.1, -0.05) is 17.7 Å². The van der Waals surface area contributed by atoms with Crippen LogP contribution in [0.5, 0.6) is 0 Å². The quantitative estimate of drug-likeness (QED) is 0.937. The van der Waals surface area contributed by atoms with Gasteiger partial charge in [0.05, 0.1) is 19.2 Å². The molecule has 6 heteroatoms. The monoisotopic (exact) mass is 302 g/mol. The van der Waals surface area contributed by atoms with E-state index in [1.165, 1.54) is 4.90 Å². The van der Waals surface area contributed by atoms with Crippen molar-refractivity contribution in [3.8, 4) is 11.5 Å². The number of benzene rings is 1. The molecule has 1 atom stereocenters. The van der Waals surface area contributed by atoms with Crippen LogP contribution in [0.1, 0.15) is 17.0 Å². The Morgan fingerprint density at radius 2 is 2.05 bits per heavy atom. The van der Waals surface area contributed by atoms with Gasteiger partial charge in [0.1, 0.15) is 18.1 Å². The van der Waals surface area contributed by atoms with Crippen molar-refractivity contribution in [2.24, 2.45) is 0 Å². The van der Waals surface area contributed by atoms with Gasteiger partial charge in [-0.3, -0.25) is 4.90 Å². The van der Waals surface area contributed by atoms with Crippen molar-refractivity contribution in [2.75, 3.05) is 13.2 Å². The number of hydrogen-bond donors (Lipinski definition) is 1. The maximum absolute atomic E-state index is 11.7. The summed E-state index contributed by atoms with van der Waals surface area (Å²) in [6.07, 6.45) is -0.432. The molecule has 1 aromatic carbocycles. The van der Waals surface area contributed by atoms with Gasteiger partial charge in [-0.15, -0.1) is 0 Å². The molecule has 1 fully saturated rings. The standard InChI is InChI=1S/C16H18N2O4/c1-10-3-5-12(6-4-10)15-17-14(11(2)22-15)7-18-13(8-19)9-21-16(18)20/h3-6,13,19H,7-9H2,1-2H3/t13-/m1/s1. The average Bonchev–Trinajstić information content (AvgIpc) is 3.04. The highest BCUT2D eigenvalue weighted by atomic mass is 16.6. The number of hydrogen-bond acceptors (Lipinski definition) is 5. The Labute approximate surface area is 128 Å². The summed E-state index contributed by atoms with van der Waals surface area (Å²) in [5, 5.41) is 9.29. The summed E-state index contributed by atoms with van der Waals surface area (Å²) in [7, 11) is 0. The van der Waals surface area contributed by atoms with Gasteiger partial charge in [0, 0.05) is 5.56 Å². The van der Waals surface area contributed by atoms with Crippen LogP contribution in [0.3, 0.4) is 0 Å². The number of carbonyl (C=O) groups is 1. The van der Waals surface area contributed by atoms with E-state index in [0.29, 0.717) is 17.3 Å². The lowest BCUT2D eigenvalue weighted by atomic mass is 10.1. The number of cyclic esters (lactones) is 1. The van der Waals surface area contributed by atoms with E-state index in [0.717, 1.165) is 11.1 Å². The van der Waals surface area contributed by atoms with E-state index in [2.05, 4.69) is 4.98 Å². The van der Waals surface area contributed by atoms with E-state index in [1.54, 1.807) is 0 Å². The molecule has 0 aliphatic carbocycles. The van der Waals surface area contributed by atoms with Crippen molar-refractivity contribution in [2.45, 2.75) is 26.4 Å². The smallest absolute Gasteiger partial charge is 0.410 e. The number of nitrogens with zero attached hydrogens (tertiary/aromatic N) is 2. The van der Waals surface area contributed by atoms with Crippen molar-refractivity contribution in [1.29, 1.82) is 0 Å². The average molecular weight is 302 g/mol. The molecule has 1 aliphatic heterocycles. The van der Waals surface area contributed by atoms with Gasteiger partial charge in [0.15, 0.2) is 0 Å². The number of carbonyl (C=O) groups excluding carboxylic acids is 1. The van der Waals surface area contributed by atoms with Crippen molar-refractivity contribution in [1.82, 2.24) is 9.88 Å². The van der Waals surface area contributed by atoms with Gasteiger partial charge in [-0.05, 0) is 26.0 Å². The summed E-state index contributed by atoms with van der Waals surface area (Å²) < 4.78 is 10.7. The van der Waals surface area contributed by atoms with E-state index in [-0.39, 0.29) is 25.8 Å². The minimum atomic E-state index is -0.432. The van der Waals surface area contributed by atoms with Crippen LogP contribution >= 0.6 is 0 Å². The lowest BCUT2D eigenvalue weighted by molar-refractivity contribution is 0.150. The summed E-state index contributed by atoms with van der Waals surface area (Å²) in [6, 6.07) is 7.56. The predicted octanol–water partition coefficient (Wildman–Crippen LogP) is 2.27. The number of aliphatic hydroxyl groups is 1. The molecule has 1 amide bonds. The van der Waals surface area contributed by atoms with Gasteiger partial charge in [-0.2, -0.15) is 0 Å². The molecule has 0 saturated carbocycles. The first kappa shape index (κ1) is 14.6. The van der Waals surface area contributed by atoms with Crippen LogP contribution in [0, 0.1) is 13.8 Å². The fourth-order valence-electron chi connectivity index (χ4n) is 2.39. The lowest BCUT2D eigenvalue weighted by Gasteiger charge is -2.18. The first-order valence-corrected chi connectivity index (χ1v) is 7.16. The van der Waals surface area contributed by atoms with Crippen LogP contribution in [-0.4, -0.2) is 40.3 Å². The Balaban J connectivity index is 1.83. The SMILES string of the molecule is Cc1ccc(-c2nc(CN3C(=O)OC[C@H]3CO)c(C)o2)cc1. The second-order valence-corrected chi connectivity index (χ2v) is 5.43. The Morgan fingerprint density at radius 1 is 1.32 bits per heavy atom. The maximum Gasteiger partial charge on any atom is 0.410 e. The number of aliphatic hydroxyl groups excluding tert-OH is 1. The molecule has 1 aliphatic rings. The van der Waals surface area contributed by atoms with Crippen LogP contribution in [-0.2, 0) is 11.3 Å². The van der Waals surface area contributed by atoms with Gasteiger partial charge in [0.25, 0.3) is 0 Å². The number of aromatic nitrogens is 1. The predicted molar refractivity (Wildman–Crippen MR) is 79.2 cm³/mol. The Hall–Kier alpha value is -2.34. The highest BCUT2D eigenvalue weighted by Gasteiger charge is 2.33. The van der Waals surface area contributed by atoms with Gasteiger partial charge < -0.3 is 14.3 Å². The molecule has 6 nitrogen and oxygen atoms in total. The third-order valence-corrected chi connectivity index (χ3v) is 3.80. The lowest BCUT2D eigenvalue weighted by Crippen LogP contribution is -2.35. The Bertz CT molecular complexity index is 678. The molecule has 0 bridgehead atoms. The number of amides is 1. The largest absolute Gasteiger partial charge is 0.447 e. The zero-order valence-electron chi connectivity index (χ0n) is 12.6. The molecule has 0 spiro atoms. The number of oxazole rings is 1. The molecule has 116 valence electrons. The van der Waals surface area contributed by atoms with E-state index in [1.807, 2.05) is 38.1 Å². The molecule has 22 heavy (non-hydrogen) atoms. The molecule has 1 aromatic heterocycles. The number of ether oxygens (including phenoxy) is 1. The van der Waals surface area contributed by atoms with Gasteiger partial charge in [-0.25, -0.2) is 9.78 Å². The summed E-state index contributed by atoms with van der Waals surface area (Å²) in [5.41, 5.74) is 2.73. The molecular weight excluding hydrogens is 284 g/mol. The molecule has 0 radical (unpaired) electrons. The Morgan fingerprint density at radius 3 is 2.73 bits per heavy atom. The summed E-state index contributed by atoms with van der Waals surface area (Å²) in [6.45, 7) is 4.18. The normalized spacial score (nSPS) is 17.9. The van der Waals surface area contributed by atoms with Crippen molar-refractivity contribution in [3.63, 3.8) is 0 Å². The fraction of sp³-hybridized carbons (Fsp3) is 0.375. The zero-order valence-corrected chi connectivity index (χ0v) is 12.6. The second kappa shape index (κ2) is 5.81. The second-order valence-electron chi connectivity index (χ2n) is 5.43. The van der Waals surface area contributed by atoms with Gasteiger partial charge >= 0.3 is 6.09 Å². The Kier molecular flexibility index (Phi) is 3.85. The summed E-state index contributed by atoms with van der Waals surface area (Å²) in [5.74, 6) is 1.19. The molecule has 3 rings (SSSR count). The maximum atomic E-state index is 11.7.